The van der Waals surface area contributed by atoms with E-state index >= 15 is 0 Å². The summed E-state index contributed by atoms with van der Waals surface area (Å²) in [6, 6.07) is 10.5. The summed E-state index contributed by atoms with van der Waals surface area (Å²) in [5.41, 5.74) is 6.63. The third-order valence-electron chi connectivity index (χ3n) is 4.06. The van der Waals surface area contributed by atoms with E-state index in [1.54, 1.807) is 36.7 Å². The molecular weight excluding hydrogens is 356 g/mol. The van der Waals surface area contributed by atoms with Crippen molar-refractivity contribution in [3.63, 3.8) is 0 Å². The fourth-order valence-corrected chi connectivity index (χ4v) is 2.83. The molecule has 1 atom stereocenters. The summed E-state index contributed by atoms with van der Waals surface area (Å²) in [6.07, 6.45) is 3.51. The minimum Gasteiger partial charge on any atom is -0.484 e. The van der Waals surface area contributed by atoms with Crippen molar-refractivity contribution in [1.29, 1.82) is 0 Å². The number of aromatic nitrogens is 1. The molecule has 2 amide bonds. The van der Waals surface area contributed by atoms with Crippen molar-refractivity contribution < 1.29 is 14.3 Å². The molecule has 7 nitrogen and oxygen atoms in total. The smallest absolute Gasteiger partial charge is 0.255 e. The van der Waals surface area contributed by atoms with Gasteiger partial charge >= 0.3 is 0 Å². The number of halogens is 1. The number of benzene rings is 1. The highest BCUT2D eigenvalue weighted by Crippen LogP contribution is 2.24. The molecule has 0 spiro atoms. The minimum absolute atomic E-state index is 0. The molecule has 26 heavy (non-hydrogen) atoms. The Morgan fingerprint density at radius 2 is 2.04 bits per heavy atom. The molecule has 2 aromatic rings. The van der Waals surface area contributed by atoms with Gasteiger partial charge in [-0.2, -0.15) is 0 Å². The Bertz CT molecular complexity index is 740. The third kappa shape index (κ3) is 4.71. The first-order valence-electron chi connectivity index (χ1n) is 8.08. The Kier molecular flexibility index (Phi) is 6.94. The second-order valence-corrected chi connectivity index (χ2v) is 5.78. The van der Waals surface area contributed by atoms with Crippen LogP contribution in [0.15, 0.2) is 48.8 Å². The number of nitrogens with one attached hydrogen (secondary N) is 1. The largest absolute Gasteiger partial charge is 0.484 e. The van der Waals surface area contributed by atoms with Gasteiger partial charge in [0.05, 0.1) is 6.04 Å². The lowest BCUT2D eigenvalue weighted by Gasteiger charge is -2.36. The number of rotatable bonds is 5. The maximum atomic E-state index is 12.9. The second kappa shape index (κ2) is 9.17. The Balaban J connectivity index is 0.00000243. The number of amides is 2. The Labute approximate surface area is 157 Å². The first-order chi connectivity index (χ1) is 12.1. The van der Waals surface area contributed by atoms with Crippen molar-refractivity contribution in [2.75, 3.05) is 26.2 Å². The average Bonchev–Trinajstić information content (AvgIpc) is 2.67. The van der Waals surface area contributed by atoms with Gasteiger partial charge in [-0.15, -0.1) is 12.4 Å². The number of hydrogen-bond donors (Lipinski definition) is 2. The monoisotopic (exact) mass is 376 g/mol. The predicted molar refractivity (Wildman–Crippen MR) is 99.3 cm³/mol. The van der Waals surface area contributed by atoms with E-state index in [9.17, 15) is 9.59 Å². The molecule has 138 valence electrons. The molecule has 1 aromatic carbocycles. The van der Waals surface area contributed by atoms with Gasteiger partial charge in [-0.3, -0.25) is 14.6 Å². The number of hydrogen-bond acceptors (Lipinski definition) is 5. The predicted octanol–water partition coefficient (Wildman–Crippen LogP) is 1.15. The first-order valence-corrected chi connectivity index (χ1v) is 8.08. The first kappa shape index (κ1) is 19.7. The van der Waals surface area contributed by atoms with Crippen molar-refractivity contribution in [3.8, 4) is 5.75 Å². The highest BCUT2D eigenvalue weighted by molar-refractivity contribution is 5.94. The molecule has 2 heterocycles. The van der Waals surface area contributed by atoms with E-state index < -0.39 is 5.91 Å². The fourth-order valence-electron chi connectivity index (χ4n) is 2.83. The molecule has 0 saturated carbocycles. The summed E-state index contributed by atoms with van der Waals surface area (Å²) >= 11 is 0. The van der Waals surface area contributed by atoms with Gasteiger partial charge in [0.15, 0.2) is 6.61 Å². The van der Waals surface area contributed by atoms with Crippen molar-refractivity contribution in [1.82, 2.24) is 15.2 Å². The van der Waals surface area contributed by atoms with E-state index in [2.05, 4.69) is 10.3 Å². The van der Waals surface area contributed by atoms with E-state index in [0.29, 0.717) is 24.4 Å². The fraction of sp³-hybridized carbons (Fsp3) is 0.278. The zero-order chi connectivity index (χ0) is 17.6. The summed E-state index contributed by atoms with van der Waals surface area (Å²) in [4.78, 5) is 29.7. The van der Waals surface area contributed by atoms with Crippen LogP contribution in [0.4, 0.5) is 0 Å². The summed E-state index contributed by atoms with van der Waals surface area (Å²) in [5.74, 6) is -0.0865. The quantitative estimate of drug-likeness (QED) is 0.815. The van der Waals surface area contributed by atoms with Crippen LogP contribution in [0.2, 0.25) is 0 Å². The van der Waals surface area contributed by atoms with E-state index in [0.717, 1.165) is 12.1 Å². The van der Waals surface area contributed by atoms with Crippen molar-refractivity contribution in [3.05, 3.63) is 59.9 Å². The second-order valence-electron chi connectivity index (χ2n) is 5.78. The van der Waals surface area contributed by atoms with Gasteiger partial charge in [0.25, 0.3) is 11.8 Å². The molecule has 3 rings (SSSR count). The molecule has 1 unspecified atom stereocenters. The maximum Gasteiger partial charge on any atom is 0.255 e. The lowest BCUT2D eigenvalue weighted by atomic mass is 10.0. The van der Waals surface area contributed by atoms with E-state index in [1.165, 1.54) is 0 Å². The summed E-state index contributed by atoms with van der Waals surface area (Å²) < 4.78 is 5.22. The number of pyridine rings is 1. The molecule has 1 aliphatic heterocycles. The Hall–Kier alpha value is -2.64. The van der Waals surface area contributed by atoms with Crippen LogP contribution in [0.5, 0.6) is 5.75 Å². The van der Waals surface area contributed by atoms with Crippen LogP contribution in [0, 0.1) is 0 Å². The zero-order valence-corrected chi connectivity index (χ0v) is 14.9. The number of primary amides is 1. The third-order valence-corrected chi connectivity index (χ3v) is 4.06. The van der Waals surface area contributed by atoms with Crippen LogP contribution in [-0.4, -0.2) is 47.9 Å². The number of ether oxygens (including phenoxy) is 1. The summed E-state index contributed by atoms with van der Waals surface area (Å²) in [7, 11) is 0. The molecule has 1 saturated heterocycles. The normalized spacial score (nSPS) is 16.5. The molecule has 0 aliphatic carbocycles. The Morgan fingerprint density at radius 1 is 1.27 bits per heavy atom. The number of carbonyl (C=O) groups is 2. The van der Waals surface area contributed by atoms with Crippen LogP contribution in [0.25, 0.3) is 0 Å². The van der Waals surface area contributed by atoms with E-state index in [4.69, 9.17) is 10.5 Å². The van der Waals surface area contributed by atoms with Crippen LogP contribution in [-0.2, 0) is 4.79 Å². The topological polar surface area (TPSA) is 97.6 Å². The molecule has 3 N–H and O–H groups in total. The molecule has 1 fully saturated rings. The molecular formula is C18H21ClN4O3. The van der Waals surface area contributed by atoms with Crippen molar-refractivity contribution in [2.24, 2.45) is 5.73 Å². The standard InChI is InChI=1S/C18H20N4O3.ClH/c19-17(23)12-25-15-5-3-13(4-6-15)18(24)22-9-8-21-11-16(22)14-2-1-7-20-10-14;/h1-7,10,16,21H,8-9,11-12H2,(H2,19,23);1H. The van der Waals surface area contributed by atoms with Gasteiger partial charge < -0.3 is 20.7 Å². The molecule has 1 aliphatic rings. The maximum absolute atomic E-state index is 12.9. The molecule has 0 bridgehead atoms. The van der Waals surface area contributed by atoms with Gasteiger partial charge in [-0.25, -0.2) is 0 Å². The molecule has 1 aromatic heterocycles. The molecule has 0 radical (unpaired) electrons. The highest BCUT2D eigenvalue weighted by Gasteiger charge is 2.28. The van der Waals surface area contributed by atoms with Crippen LogP contribution in [0.1, 0.15) is 22.0 Å². The number of piperazine rings is 1. The van der Waals surface area contributed by atoms with Gasteiger partial charge in [-0.1, -0.05) is 6.07 Å². The number of nitrogens with zero attached hydrogens (tertiary/aromatic N) is 2. The molecule has 8 heteroatoms. The van der Waals surface area contributed by atoms with Gasteiger partial charge in [0.2, 0.25) is 0 Å². The van der Waals surface area contributed by atoms with E-state index in [1.807, 2.05) is 17.0 Å². The van der Waals surface area contributed by atoms with Crippen molar-refractivity contribution >= 4 is 24.2 Å². The Morgan fingerprint density at radius 3 is 2.69 bits per heavy atom. The lowest BCUT2D eigenvalue weighted by Crippen LogP contribution is -2.48. The van der Waals surface area contributed by atoms with Crippen molar-refractivity contribution in [2.45, 2.75) is 6.04 Å². The number of nitrogens with two attached hydrogens (primary N) is 1. The SMILES string of the molecule is Cl.NC(=O)COc1ccc(C(=O)N2CCNCC2c2cccnc2)cc1. The van der Waals surface area contributed by atoms with Gasteiger partial charge in [0, 0.05) is 37.6 Å². The van der Waals surface area contributed by atoms with Gasteiger partial charge in [0.1, 0.15) is 5.75 Å². The minimum atomic E-state index is -0.541. The highest BCUT2D eigenvalue weighted by atomic mass is 35.5. The van der Waals surface area contributed by atoms with Crippen LogP contribution >= 0.6 is 12.4 Å². The summed E-state index contributed by atoms with van der Waals surface area (Å²) in [6.45, 7) is 1.88. The lowest BCUT2D eigenvalue weighted by molar-refractivity contribution is -0.119. The van der Waals surface area contributed by atoms with Crippen LogP contribution < -0.4 is 15.8 Å². The zero-order valence-electron chi connectivity index (χ0n) is 14.1. The van der Waals surface area contributed by atoms with Crippen LogP contribution in [0.3, 0.4) is 0 Å². The summed E-state index contributed by atoms with van der Waals surface area (Å²) in [5, 5.41) is 3.32. The van der Waals surface area contributed by atoms with E-state index in [-0.39, 0.29) is 31.0 Å². The van der Waals surface area contributed by atoms with Gasteiger partial charge in [-0.05, 0) is 35.9 Å². The average molecular weight is 377 g/mol. The number of carbonyl (C=O) groups excluding carboxylic acids is 2.